The van der Waals surface area contributed by atoms with Gasteiger partial charge in [-0.1, -0.05) is 13.8 Å². The van der Waals surface area contributed by atoms with Crippen LogP contribution in [0.1, 0.15) is 52.3 Å². The minimum absolute atomic E-state index is 0.182. The molecule has 0 aliphatic carbocycles. The Balaban J connectivity index is 1.63. The van der Waals surface area contributed by atoms with Crippen molar-refractivity contribution >= 4 is 34.2 Å². The minimum atomic E-state index is -0.665. The number of thiophene rings is 1. The Labute approximate surface area is 178 Å². The first-order chi connectivity index (χ1) is 14.4. The van der Waals surface area contributed by atoms with Gasteiger partial charge in [0.1, 0.15) is 18.2 Å². The third kappa shape index (κ3) is 5.10. The first-order valence-electron chi connectivity index (χ1n) is 9.56. The maximum atomic E-state index is 12.3. The Morgan fingerprint density at radius 3 is 2.50 bits per heavy atom. The van der Waals surface area contributed by atoms with Crippen LogP contribution in [0.2, 0.25) is 0 Å². The van der Waals surface area contributed by atoms with Crippen LogP contribution in [-0.4, -0.2) is 44.3 Å². The molecule has 0 saturated carbocycles. The van der Waals surface area contributed by atoms with E-state index in [1.807, 2.05) is 13.8 Å². The second-order valence-electron chi connectivity index (χ2n) is 6.75. The smallest absolute Gasteiger partial charge is 0.341 e. The number of fused-ring (bicyclic) bond motifs is 1. The lowest BCUT2D eigenvalue weighted by Gasteiger charge is -2.18. The lowest BCUT2D eigenvalue weighted by Crippen LogP contribution is -2.22. The molecule has 1 aromatic heterocycles. The van der Waals surface area contributed by atoms with Crippen molar-refractivity contribution in [2.45, 2.75) is 26.7 Å². The van der Waals surface area contributed by atoms with Crippen LogP contribution in [0.4, 0.5) is 5.00 Å². The zero-order chi connectivity index (χ0) is 21.7. The fourth-order valence-electron chi connectivity index (χ4n) is 2.70. The van der Waals surface area contributed by atoms with Crippen LogP contribution in [0.25, 0.3) is 0 Å². The summed E-state index contributed by atoms with van der Waals surface area (Å²) in [5.74, 6) is -0.531. The highest BCUT2D eigenvalue weighted by Gasteiger charge is 2.21. The summed E-state index contributed by atoms with van der Waals surface area (Å²) >= 11 is 1.29. The van der Waals surface area contributed by atoms with Gasteiger partial charge in [0.25, 0.3) is 5.91 Å². The Kier molecular flexibility index (Phi) is 6.94. The summed E-state index contributed by atoms with van der Waals surface area (Å²) in [7, 11) is 0. The van der Waals surface area contributed by atoms with Gasteiger partial charge in [0.15, 0.2) is 18.1 Å². The summed E-state index contributed by atoms with van der Waals surface area (Å²) in [6, 6.07) is 6.39. The van der Waals surface area contributed by atoms with Crippen LogP contribution in [0.15, 0.2) is 24.3 Å². The van der Waals surface area contributed by atoms with Gasteiger partial charge in [0.2, 0.25) is 0 Å². The number of anilines is 1. The van der Waals surface area contributed by atoms with Gasteiger partial charge in [-0.2, -0.15) is 0 Å². The molecule has 1 N–H and O–H groups in total. The molecule has 1 aliphatic rings. The van der Waals surface area contributed by atoms with Gasteiger partial charge in [0, 0.05) is 4.88 Å². The molecule has 8 nitrogen and oxygen atoms in total. The molecule has 9 heteroatoms. The van der Waals surface area contributed by atoms with Crippen LogP contribution in [-0.2, 0) is 14.3 Å². The fraction of sp³-hybridized carbons (Fsp3) is 0.381. The fourth-order valence-corrected chi connectivity index (χ4v) is 3.76. The topological polar surface area (TPSA) is 100 Å². The number of esters is 2. The minimum Gasteiger partial charge on any atom is -0.486 e. The zero-order valence-corrected chi connectivity index (χ0v) is 17.8. The third-order valence-electron chi connectivity index (χ3n) is 4.18. The van der Waals surface area contributed by atoms with Crippen molar-refractivity contribution in [3.8, 4) is 11.5 Å². The second-order valence-corrected chi connectivity index (χ2v) is 7.83. The molecule has 2 heterocycles. The molecule has 0 spiro atoms. The van der Waals surface area contributed by atoms with Crippen molar-refractivity contribution in [2.24, 2.45) is 0 Å². The lowest BCUT2D eigenvalue weighted by atomic mass is 10.1. The predicted octanol–water partition coefficient (Wildman–Crippen LogP) is 3.61. The molecule has 1 aromatic carbocycles. The largest absolute Gasteiger partial charge is 0.486 e. The van der Waals surface area contributed by atoms with Crippen molar-refractivity contribution < 1.29 is 33.3 Å². The molecule has 30 heavy (non-hydrogen) atoms. The van der Waals surface area contributed by atoms with Crippen LogP contribution in [0, 0.1) is 0 Å². The van der Waals surface area contributed by atoms with E-state index in [1.54, 1.807) is 25.1 Å². The van der Waals surface area contributed by atoms with Crippen LogP contribution >= 0.6 is 11.3 Å². The summed E-state index contributed by atoms with van der Waals surface area (Å²) in [6.45, 7) is 6.27. The molecule has 0 radical (unpaired) electrons. The maximum Gasteiger partial charge on any atom is 0.341 e. The van der Waals surface area contributed by atoms with Crippen molar-refractivity contribution in [2.75, 3.05) is 31.7 Å². The van der Waals surface area contributed by atoms with E-state index >= 15 is 0 Å². The number of rotatable bonds is 7. The van der Waals surface area contributed by atoms with Gasteiger partial charge in [-0.3, -0.25) is 4.79 Å². The number of carbonyl (C=O) groups excluding carboxylic acids is 3. The van der Waals surface area contributed by atoms with Crippen molar-refractivity contribution in [1.29, 1.82) is 0 Å². The number of carbonyl (C=O) groups is 3. The Morgan fingerprint density at radius 1 is 1.07 bits per heavy atom. The number of hydrogen-bond acceptors (Lipinski definition) is 8. The summed E-state index contributed by atoms with van der Waals surface area (Å²) < 4.78 is 21.0. The molecule has 0 bridgehead atoms. The SMILES string of the molecule is CCOC(=O)c1cc(C(C)C)sc1NC(=O)COC(=O)c1ccc2c(c1)OCCO2. The van der Waals surface area contributed by atoms with E-state index in [2.05, 4.69) is 5.32 Å². The summed E-state index contributed by atoms with van der Waals surface area (Å²) in [5.41, 5.74) is 0.537. The molecule has 0 unspecified atom stereocenters. The number of hydrogen-bond donors (Lipinski definition) is 1. The summed E-state index contributed by atoms with van der Waals surface area (Å²) in [5, 5.41) is 3.01. The monoisotopic (exact) mass is 433 g/mol. The molecular weight excluding hydrogens is 410 g/mol. The summed E-state index contributed by atoms with van der Waals surface area (Å²) in [6.07, 6.45) is 0. The second kappa shape index (κ2) is 9.62. The maximum absolute atomic E-state index is 12.3. The Bertz CT molecular complexity index is 951. The quantitative estimate of drug-likeness (QED) is 0.666. The van der Waals surface area contributed by atoms with Gasteiger partial charge in [-0.05, 0) is 37.1 Å². The molecule has 1 aliphatic heterocycles. The van der Waals surface area contributed by atoms with E-state index in [9.17, 15) is 14.4 Å². The number of ether oxygens (including phenoxy) is 4. The molecule has 0 saturated heterocycles. The van der Waals surface area contributed by atoms with Gasteiger partial charge in [-0.25, -0.2) is 9.59 Å². The van der Waals surface area contributed by atoms with E-state index in [4.69, 9.17) is 18.9 Å². The van der Waals surface area contributed by atoms with Crippen molar-refractivity contribution in [1.82, 2.24) is 0 Å². The molecule has 0 atom stereocenters. The highest BCUT2D eigenvalue weighted by molar-refractivity contribution is 7.16. The Hall–Kier alpha value is -3.07. The number of benzene rings is 1. The predicted molar refractivity (Wildman–Crippen MR) is 111 cm³/mol. The molecular formula is C21H23NO7S. The van der Waals surface area contributed by atoms with Gasteiger partial charge < -0.3 is 24.3 Å². The first kappa shape index (κ1) is 21.6. The highest BCUT2D eigenvalue weighted by Crippen LogP contribution is 2.33. The van der Waals surface area contributed by atoms with Gasteiger partial charge >= 0.3 is 11.9 Å². The molecule has 3 rings (SSSR count). The number of amides is 1. The van der Waals surface area contributed by atoms with Crippen molar-refractivity contribution in [3.05, 3.63) is 40.3 Å². The lowest BCUT2D eigenvalue weighted by molar-refractivity contribution is -0.119. The molecule has 0 fully saturated rings. The number of nitrogens with one attached hydrogen (secondary N) is 1. The van der Waals surface area contributed by atoms with Gasteiger partial charge in [0.05, 0.1) is 17.7 Å². The molecule has 160 valence electrons. The third-order valence-corrected chi connectivity index (χ3v) is 5.53. The van der Waals surface area contributed by atoms with E-state index in [-0.39, 0.29) is 23.7 Å². The zero-order valence-electron chi connectivity index (χ0n) is 17.0. The van der Waals surface area contributed by atoms with Crippen LogP contribution in [0.3, 0.4) is 0 Å². The standard InChI is InChI=1S/C21H23NO7S/c1-4-26-21(25)14-10-17(12(2)3)30-19(14)22-18(23)11-29-20(24)13-5-6-15-16(9-13)28-8-7-27-15/h5-6,9-10,12H,4,7-8,11H2,1-3H3,(H,22,23). The molecule has 2 aromatic rings. The normalized spacial score (nSPS) is 12.4. The van der Waals surface area contributed by atoms with Gasteiger partial charge in [-0.15, -0.1) is 11.3 Å². The van der Waals surface area contributed by atoms with Crippen molar-refractivity contribution in [3.63, 3.8) is 0 Å². The van der Waals surface area contributed by atoms with Crippen LogP contribution in [0.5, 0.6) is 11.5 Å². The van der Waals surface area contributed by atoms with Crippen LogP contribution < -0.4 is 14.8 Å². The van der Waals surface area contributed by atoms with E-state index in [0.29, 0.717) is 29.7 Å². The van der Waals surface area contributed by atoms with E-state index in [0.717, 1.165) is 4.88 Å². The first-order valence-corrected chi connectivity index (χ1v) is 10.4. The van der Waals surface area contributed by atoms with E-state index < -0.39 is 24.5 Å². The Morgan fingerprint density at radius 2 is 1.80 bits per heavy atom. The highest BCUT2D eigenvalue weighted by atomic mass is 32.1. The van der Waals surface area contributed by atoms with E-state index in [1.165, 1.54) is 17.4 Å². The average Bonchev–Trinajstić information content (AvgIpc) is 3.16. The molecule has 1 amide bonds. The average molecular weight is 433 g/mol. The summed E-state index contributed by atoms with van der Waals surface area (Å²) in [4.78, 5) is 37.7.